The van der Waals surface area contributed by atoms with Crippen molar-refractivity contribution in [1.29, 1.82) is 0 Å². The highest BCUT2D eigenvalue weighted by Crippen LogP contribution is 2.42. The molecule has 0 aliphatic carbocycles. The molecule has 3 heterocycles. The van der Waals surface area contributed by atoms with Gasteiger partial charge in [0.25, 0.3) is 0 Å². The average molecular weight is 505 g/mol. The van der Waals surface area contributed by atoms with Crippen LogP contribution in [-0.2, 0) is 15.8 Å². The third-order valence-electron chi connectivity index (χ3n) is 5.99. The number of halogens is 5. The van der Waals surface area contributed by atoms with E-state index in [9.17, 15) is 26.7 Å². The minimum absolute atomic E-state index is 0.131. The van der Waals surface area contributed by atoms with Crippen LogP contribution in [0.3, 0.4) is 0 Å². The van der Waals surface area contributed by atoms with E-state index in [4.69, 9.17) is 4.84 Å². The Morgan fingerprint density at radius 2 is 1.81 bits per heavy atom. The number of carbonyl (C=O) groups excluding carboxylic acids is 1. The van der Waals surface area contributed by atoms with E-state index in [0.29, 0.717) is 19.0 Å². The number of nitrogens with one attached hydrogen (secondary N) is 1. The first kappa shape index (κ1) is 23.9. The molecule has 1 amide bonds. The zero-order chi connectivity index (χ0) is 25.4. The zero-order valence-corrected chi connectivity index (χ0v) is 18.7. The van der Waals surface area contributed by atoms with Crippen molar-refractivity contribution in [2.75, 3.05) is 28.4 Å². The van der Waals surface area contributed by atoms with Crippen molar-refractivity contribution in [3.8, 4) is 0 Å². The fourth-order valence-corrected chi connectivity index (χ4v) is 4.37. The van der Waals surface area contributed by atoms with Crippen LogP contribution in [0.4, 0.5) is 45.1 Å². The normalized spacial score (nSPS) is 18.2. The summed E-state index contributed by atoms with van der Waals surface area (Å²) in [6.07, 6.45) is -3.06. The Hall–Kier alpha value is -3.80. The van der Waals surface area contributed by atoms with Crippen LogP contribution < -0.4 is 15.3 Å². The number of hydrogen-bond acceptors (Lipinski definition) is 6. The van der Waals surface area contributed by atoms with Crippen LogP contribution in [-0.4, -0.2) is 29.0 Å². The lowest BCUT2D eigenvalue weighted by Gasteiger charge is -2.26. The topological polar surface area (TPSA) is 70.6 Å². The molecule has 2 fully saturated rings. The van der Waals surface area contributed by atoms with E-state index in [0.717, 1.165) is 27.7 Å². The van der Waals surface area contributed by atoms with Gasteiger partial charge in [-0.15, -0.1) is 0 Å². The van der Waals surface area contributed by atoms with Gasteiger partial charge in [-0.1, -0.05) is 30.3 Å². The fourth-order valence-electron chi connectivity index (χ4n) is 4.37. The molecular weight excluding hydrogens is 485 g/mol. The zero-order valence-electron chi connectivity index (χ0n) is 18.7. The summed E-state index contributed by atoms with van der Waals surface area (Å²) in [5.74, 6) is -3.21. The number of benzene rings is 2. The summed E-state index contributed by atoms with van der Waals surface area (Å²) in [7, 11) is 0. The quantitative estimate of drug-likeness (QED) is 0.460. The Balaban J connectivity index is 1.48. The summed E-state index contributed by atoms with van der Waals surface area (Å²) < 4.78 is 70.9. The number of amides is 1. The number of hydroxylamine groups is 1. The maximum atomic E-state index is 14.7. The molecular formula is C24H20F5N5O2. The summed E-state index contributed by atoms with van der Waals surface area (Å²) in [6, 6.07) is 10.2. The molecule has 3 aromatic rings. The lowest BCUT2D eigenvalue weighted by molar-refractivity contribution is -0.138. The van der Waals surface area contributed by atoms with Crippen LogP contribution in [0.25, 0.3) is 0 Å². The van der Waals surface area contributed by atoms with Crippen LogP contribution in [0.1, 0.15) is 36.4 Å². The predicted molar refractivity (Wildman–Crippen MR) is 120 cm³/mol. The van der Waals surface area contributed by atoms with Crippen molar-refractivity contribution in [3.63, 3.8) is 0 Å². The molecule has 5 rings (SSSR count). The molecule has 188 valence electrons. The molecule has 0 radical (unpaired) electrons. The molecule has 36 heavy (non-hydrogen) atoms. The van der Waals surface area contributed by atoms with Crippen molar-refractivity contribution in [2.24, 2.45) is 0 Å². The highest BCUT2D eigenvalue weighted by Gasteiger charge is 2.40. The molecule has 0 saturated carbocycles. The molecule has 1 N–H and O–H groups in total. The van der Waals surface area contributed by atoms with Crippen molar-refractivity contribution < 1.29 is 31.6 Å². The van der Waals surface area contributed by atoms with E-state index in [1.165, 1.54) is 0 Å². The summed E-state index contributed by atoms with van der Waals surface area (Å²) in [6.45, 7) is 0.375. The maximum Gasteiger partial charge on any atom is 0.421 e. The van der Waals surface area contributed by atoms with Crippen LogP contribution in [0.5, 0.6) is 0 Å². The van der Waals surface area contributed by atoms with Gasteiger partial charge in [0.2, 0.25) is 11.9 Å². The Labute approximate surface area is 202 Å². The monoisotopic (exact) mass is 505 g/mol. The minimum Gasteiger partial charge on any atom is -0.324 e. The molecule has 0 unspecified atom stereocenters. The Kier molecular flexibility index (Phi) is 6.20. The van der Waals surface area contributed by atoms with Gasteiger partial charge in [0.05, 0.1) is 12.6 Å². The first-order chi connectivity index (χ1) is 17.2. The van der Waals surface area contributed by atoms with Gasteiger partial charge in [-0.25, -0.2) is 18.8 Å². The third-order valence-corrected chi connectivity index (χ3v) is 5.99. The number of nitrogens with zero attached hydrogens (tertiary/aromatic N) is 4. The first-order valence-corrected chi connectivity index (χ1v) is 11.2. The van der Waals surface area contributed by atoms with Crippen molar-refractivity contribution >= 4 is 29.0 Å². The standard InChI is InChI=1S/C24H20F5N5O2/c25-17-11-15(12-18(26)21(17)33-9-4-7-20(33)35)31-23-30-13-16(24(27,28)29)22(32-23)34-19(8-10-36-34)14-5-2-1-3-6-14/h1-3,5-6,11-13,19H,4,7-10H2,(H,30,31,32)/t19-/m0/s1. The average Bonchev–Trinajstić information content (AvgIpc) is 3.48. The lowest BCUT2D eigenvalue weighted by Crippen LogP contribution is -2.26. The molecule has 7 nitrogen and oxygen atoms in total. The van der Waals surface area contributed by atoms with Crippen LogP contribution in [0.15, 0.2) is 48.7 Å². The second-order valence-corrected chi connectivity index (χ2v) is 8.37. The summed E-state index contributed by atoms with van der Waals surface area (Å²) in [4.78, 5) is 26.2. The second kappa shape index (κ2) is 9.34. The highest BCUT2D eigenvalue weighted by atomic mass is 19.4. The fraction of sp³-hybridized carbons (Fsp3) is 0.292. The molecule has 2 aliphatic rings. The molecule has 2 saturated heterocycles. The van der Waals surface area contributed by atoms with Gasteiger partial charge >= 0.3 is 6.18 Å². The van der Waals surface area contributed by atoms with Gasteiger partial charge in [0, 0.05) is 31.3 Å². The van der Waals surface area contributed by atoms with Crippen LogP contribution in [0.2, 0.25) is 0 Å². The first-order valence-electron chi connectivity index (χ1n) is 11.2. The van der Waals surface area contributed by atoms with E-state index >= 15 is 0 Å². The smallest absolute Gasteiger partial charge is 0.324 e. The largest absolute Gasteiger partial charge is 0.421 e. The van der Waals surface area contributed by atoms with Gasteiger partial charge in [0.15, 0.2) is 17.5 Å². The SMILES string of the molecule is O=C1CCCN1c1c(F)cc(Nc2ncc(C(F)(F)F)c(N3OCC[C@H]3c3ccccc3)n2)cc1F. The second-order valence-electron chi connectivity index (χ2n) is 8.37. The molecule has 12 heteroatoms. The van der Waals surface area contributed by atoms with Crippen molar-refractivity contribution in [3.05, 3.63) is 71.4 Å². The molecule has 0 spiro atoms. The maximum absolute atomic E-state index is 14.7. The molecule has 1 atom stereocenters. The van der Waals surface area contributed by atoms with Crippen molar-refractivity contribution in [2.45, 2.75) is 31.5 Å². The molecule has 2 aromatic carbocycles. The lowest BCUT2D eigenvalue weighted by atomic mass is 10.0. The van der Waals surface area contributed by atoms with Gasteiger partial charge < -0.3 is 10.2 Å². The van der Waals surface area contributed by atoms with Gasteiger partial charge in [0.1, 0.15) is 11.3 Å². The van der Waals surface area contributed by atoms with Crippen molar-refractivity contribution in [1.82, 2.24) is 9.97 Å². The number of hydrogen-bond donors (Lipinski definition) is 1. The van der Waals surface area contributed by atoms with E-state index in [1.807, 2.05) is 0 Å². The van der Waals surface area contributed by atoms with Gasteiger partial charge in [-0.3, -0.25) is 9.63 Å². The van der Waals surface area contributed by atoms with Gasteiger partial charge in [-0.05, 0) is 24.1 Å². The third kappa shape index (κ3) is 4.55. The van der Waals surface area contributed by atoms with Crippen LogP contribution >= 0.6 is 0 Å². The molecule has 1 aromatic heterocycles. The van der Waals surface area contributed by atoms with E-state index in [2.05, 4.69) is 15.3 Å². The van der Waals surface area contributed by atoms with Gasteiger partial charge in [-0.2, -0.15) is 18.2 Å². The molecule has 2 aliphatic heterocycles. The van der Waals surface area contributed by atoms with Crippen LogP contribution in [0, 0.1) is 11.6 Å². The van der Waals surface area contributed by atoms with E-state index in [1.54, 1.807) is 30.3 Å². The molecule has 0 bridgehead atoms. The van der Waals surface area contributed by atoms with E-state index < -0.39 is 40.9 Å². The Morgan fingerprint density at radius 3 is 2.44 bits per heavy atom. The Morgan fingerprint density at radius 1 is 1.08 bits per heavy atom. The predicted octanol–water partition coefficient (Wildman–Crippen LogP) is 5.53. The Bertz CT molecular complexity index is 1260. The highest BCUT2D eigenvalue weighted by molar-refractivity contribution is 5.95. The summed E-state index contributed by atoms with van der Waals surface area (Å²) in [5, 5.41) is 3.65. The number of carbonyl (C=O) groups is 1. The summed E-state index contributed by atoms with van der Waals surface area (Å²) in [5.41, 5.74) is -0.968. The number of alkyl halides is 3. The minimum atomic E-state index is -4.77. The van der Waals surface area contributed by atoms with E-state index in [-0.39, 0.29) is 37.1 Å². The number of rotatable bonds is 5. The number of aromatic nitrogens is 2. The summed E-state index contributed by atoms with van der Waals surface area (Å²) >= 11 is 0. The number of anilines is 4.